The van der Waals surface area contributed by atoms with Crippen molar-refractivity contribution < 1.29 is 4.79 Å². The maximum absolute atomic E-state index is 12.3. The quantitative estimate of drug-likeness (QED) is 0.805. The van der Waals surface area contributed by atoms with E-state index in [-0.39, 0.29) is 5.91 Å². The van der Waals surface area contributed by atoms with Gasteiger partial charge in [0.2, 0.25) is 0 Å². The summed E-state index contributed by atoms with van der Waals surface area (Å²) in [6.45, 7) is 0.759. The minimum Gasteiger partial charge on any atom is -0.342 e. The van der Waals surface area contributed by atoms with Crippen molar-refractivity contribution in [1.29, 1.82) is 0 Å². The lowest BCUT2D eigenvalue weighted by Crippen LogP contribution is -2.28. The minimum atomic E-state index is 0.0607. The summed E-state index contributed by atoms with van der Waals surface area (Å²) in [4.78, 5) is 14.1. The monoisotopic (exact) mass is 331 g/mol. The van der Waals surface area contributed by atoms with Crippen LogP contribution in [-0.4, -0.2) is 24.4 Å². The second-order valence-corrected chi connectivity index (χ2v) is 5.65. The molecule has 0 unspecified atom stereocenters. The van der Waals surface area contributed by atoms with E-state index in [2.05, 4.69) is 28.1 Å². The van der Waals surface area contributed by atoms with Crippen molar-refractivity contribution in [2.75, 3.05) is 13.6 Å². The van der Waals surface area contributed by atoms with Crippen LogP contribution >= 0.6 is 15.9 Å². The van der Waals surface area contributed by atoms with E-state index in [1.54, 1.807) is 4.90 Å². The van der Waals surface area contributed by atoms with Crippen LogP contribution in [0, 0.1) is 0 Å². The Balaban J connectivity index is 1.87. The van der Waals surface area contributed by atoms with Crippen molar-refractivity contribution >= 4 is 21.8 Å². The first-order valence-corrected chi connectivity index (χ1v) is 7.51. The summed E-state index contributed by atoms with van der Waals surface area (Å²) in [5, 5.41) is 0. The molecule has 20 heavy (non-hydrogen) atoms. The summed E-state index contributed by atoms with van der Waals surface area (Å²) in [5.74, 6) is 0.0607. The standard InChI is InChI=1S/C17H18BrNO/c1-19(13-7-10-14-8-3-2-4-9-14)17(20)15-11-5-6-12-16(15)18/h2-6,8-9,11-12H,7,10,13H2,1H3. The molecule has 2 nitrogen and oxygen atoms in total. The van der Waals surface area contributed by atoms with Gasteiger partial charge in [-0.1, -0.05) is 42.5 Å². The smallest absolute Gasteiger partial charge is 0.254 e. The molecular formula is C17H18BrNO. The molecule has 0 aliphatic rings. The summed E-state index contributed by atoms with van der Waals surface area (Å²) in [7, 11) is 1.85. The summed E-state index contributed by atoms with van der Waals surface area (Å²) < 4.78 is 0.847. The highest BCUT2D eigenvalue weighted by molar-refractivity contribution is 9.10. The average Bonchev–Trinajstić information content (AvgIpc) is 2.48. The lowest BCUT2D eigenvalue weighted by molar-refractivity contribution is 0.0792. The zero-order valence-electron chi connectivity index (χ0n) is 11.6. The highest BCUT2D eigenvalue weighted by Gasteiger charge is 2.13. The summed E-state index contributed by atoms with van der Waals surface area (Å²) >= 11 is 3.42. The molecule has 0 aliphatic carbocycles. The maximum atomic E-state index is 12.3. The summed E-state index contributed by atoms with van der Waals surface area (Å²) in [5.41, 5.74) is 2.03. The van der Waals surface area contributed by atoms with E-state index in [0.717, 1.165) is 29.4 Å². The Hall–Kier alpha value is -1.61. The topological polar surface area (TPSA) is 20.3 Å². The van der Waals surface area contributed by atoms with E-state index in [9.17, 15) is 4.79 Å². The van der Waals surface area contributed by atoms with Crippen LogP contribution in [0.25, 0.3) is 0 Å². The van der Waals surface area contributed by atoms with Crippen molar-refractivity contribution in [3.8, 4) is 0 Å². The number of hydrogen-bond donors (Lipinski definition) is 0. The third kappa shape index (κ3) is 3.94. The van der Waals surface area contributed by atoms with Gasteiger partial charge in [0, 0.05) is 18.1 Å². The number of carbonyl (C=O) groups excluding carboxylic acids is 1. The fraction of sp³-hybridized carbons (Fsp3) is 0.235. The van der Waals surface area contributed by atoms with Crippen molar-refractivity contribution in [2.45, 2.75) is 12.8 Å². The molecule has 3 heteroatoms. The van der Waals surface area contributed by atoms with Crippen LogP contribution in [0.1, 0.15) is 22.3 Å². The molecule has 0 fully saturated rings. The van der Waals surface area contributed by atoms with E-state index < -0.39 is 0 Å². The summed E-state index contributed by atoms with van der Waals surface area (Å²) in [6.07, 6.45) is 1.96. The van der Waals surface area contributed by atoms with Gasteiger partial charge in [0.1, 0.15) is 0 Å². The number of benzene rings is 2. The Bertz CT molecular complexity index is 568. The molecule has 0 aliphatic heterocycles. The lowest BCUT2D eigenvalue weighted by Gasteiger charge is -2.18. The largest absolute Gasteiger partial charge is 0.342 e. The Morgan fingerprint density at radius 1 is 1.05 bits per heavy atom. The SMILES string of the molecule is CN(CCCc1ccccc1)C(=O)c1ccccc1Br. The first kappa shape index (κ1) is 14.8. The molecule has 2 rings (SSSR count). The van der Waals surface area contributed by atoms with E-state index in [0.29, 0.717) is 0 Å². The Morgan fingerprint density at radius 3 is 2.40 bits per heavy atom. The summed E-state index contributed by atoms with van der Waals surface area (Å²) in [6, 6.07) is 17.9. The van der Waals surface area contributed by atoms with Gasteiger partial charge < -0.3 is 4.90 Å². The van der Waals surface area contributed by atoms with Gasteiger partial charge in [-0.05, 0) is 46.5 Å². The number of nitrogens with zero attached hydrogens (tertiary/aromatic N) is 1. The third-order valence-corrected chi connectivity index (χ3v) is 3.94. The number of hydrogen-bond acceptors (Lipinski definition) is 1. The minimum absolute atomic E-state index is 0.0607. The molecule has 0 N–H and O–H groups in total. The van der Waals surface area contributed by atoms with E-state index >= 15 is 0 Å². The second-order valence-electron chi connectivity index (χ2n) is 4.80. The van der Waals surface area contributed by atoms with Gasteiger partial charge in [0.15, 0.2) is 0 Å². The van der Waals surface area contributed by atoms with Gasteiger partial charge in [-0.3, -0.25) is 4.79 Å². The molecule has 0 bridgehead atoms. The lowest BCUT2D eigenvalue weighted by atomic mass is 10.1. The molecule has 0 radical (unpaired) electrons. The Morgan fingerprint density at radius 2 is 1.70 bits per heavy atom. The second kappa shape index (κ2) is 7.25. The van der Waals surface area contributed by atoms with E-state index in [1.807, 2.05) is 49.5 Å². The number of aryl methyl sites for hydroxylation is 1. The average molecular weight is 332 g/mol. The number of amides is 1. The van der Waals surface area contributed by atoms with Gasteiger partial charge in [0.25, 0.3) is 5.91 Å². The van der Waals surface area contributed by atoms with Gasteiger partial charge in [0.05, 0.1) is 5.56 Å². The maximum Gasteiger partial charge on any atom is 0.254 e. The van der Waals surface area contributed by atoms with Crippen molar-refractivity contribution in [3.05, 3.63) is 70.2 Å². The molecule has 0 spiro atoms. The zero-order chi connectivity index (χ0) is 14.4. The zero-order valence-corrected chi connectivity index (χ0v) is 13.1. The first-order chi connectivity index (χ1) is 9.68. The fourth-order valence-corrected chi connectivity index (χ4v) is 2.56. The van der Waals surface area contributed by atoms with Crippen LogP contribution in [0.5, 0.6) is 0 Å². The molecule has 0 saturated carbocycles. The van der Waals surface area contributed by atoms with Gasteiger partial charge in [-0.2, -0.15) is 0 Å². The van der Waals surface area contributed by atoms with Gasteiger partial charge >= 0.3 is 0 Å². The van der Waals surface area contributed by atoms with Crippen LogP contribution in [0.4, 0.5) is 0 Å². The molecule has 2 aromatic rings. The van der Waals surface area contributed by atoms with Crippen LogP contribution < -0.4 is 0 Å². The molecule has 1 amide bonds. The van der Waals surface area contributed by atoms with Gasteiger partial charge in [-0.25, -0.2) is 0 Å². The van der Waals surface area contributed by atoms with Crippen LogP contribution in [0.15, 0.2) is 59.1 Å². The molecule has 2 aromatic carbocycles. The third-order valence-electron chi connectivity index (χ3n) is 3.25. The van der Waals surface area contributed by atoms with Crippen LogP contribution in [0.2, 0.25) is 0 Å². The van der Waals surface area contributed by atoms with Crippen molar-refractivity contribution in [2.24, 2.45) is 0 Å². The normalized spacial score (nSPS) is 10.3. The predicted molar refractivity (Wildman–Crippen MR) is 85.9 cm³/mol. The number of rotatable bonds is 5. The van der Waals surface area contributed by atoms with E-state index in [4.69, 9.17) is 0 Å². The molecule has 0 aromatic heterocycles. The van der Waals surface area contributed by atoms with Crippen LogP contribution in [0.3, 0.4) is 0 Å². The molecule has 0 saturated heterocycles. The molecule has 0 atom stereocenters. The van der Waals surface area contributed by atoms with Crippen LogP contribution in [-0.2, 0) is 6.42 Å². The first-order valence-electron chi connectivity index (χ1n) is 6.72. The highest BCUT2D eigenvalue weighted by Crippen LogP contribution is 2.17. The van der Waals surface area contributed by atoms with E-state index in [1.165, 1.54) is 5.56 Å². The number of carbonyl (C=O) groups is 1. The van der Waals surface area contributed by atoms with Crippen molar-refractivity contribution in [1.82, 2.24) is 4.90 Å². The Kier molecular flexibility index (Phi) is 5.36. The predicted octanol–water partition coefficient (Wildman–Crippen LogP) is 4.15. The Labute approximate surface area is 128 Å². The number of halogens is 1. The van der Waals surface area contributed by atoms with Gasteiger partial charge in [-0.15, -0.1) is 0 Å². The van der Waals surface area contributed by atoms with Crippen molar-refractivity contribution in [3.63, 3.8) is 0 Å². The molecule has 0 heterocycles. The molecule has 104 valence electrons. The highest BCUT2D eigenvalue weighted by atomic mass is 79.9. The fourth-order valence-electron chi connectivity index (χ4n) is 2.11. The molecular weight excluding hydrogens is 314 g/mol.